The number of fused-ring (bicyclic) bond motifs is 1. The van der Waals surface area contributed by atoms with Crippen LogP contribution in [0.25, 0.3) is 11.0 Å². The molecule has 0 spiro atoms. The second kappa shape index (κ2) is 1.99. The van der Waals surface area contributed by atoms with Crippen molar-refractivity contribution in [1.82, 2.24) is 4.98 Å². The van der Waals surface area contributed by atoms with Gasteiger partial charge in [0.25, 0.3) is 0 Å². The van der Waals surface area contributed by atoms with Crippen LogP contribution in [0.15, 0.2) is 22.9 Å². The van der Waals surface area contributed by atoms with Crippen molar-refractivity contribution >= 4 is 16.8 Å². The molecule has 0 radical (unpaired) electrons. The lowest BCUT2D eigenvalue weighted by Gasteiger charge is -1.90. The van der Waals surface area contributed by atoms with Crippen molar-refractivity contribution in [3.05, 3.63) is 24.1 Å². The molecule has 2 N–H and O–H groups in total. The molecule has 2 rings (SSSR count). The van der Waals surface area contributed by atoms with Crippen LogP contribution in [0.4, 0.5) is 5.82 Å². The molecule has 0 aliphatic rings. The molecule has 2 heterocycles. The van der Waals surface area contributed by atoms with Gasteiger partial charge in [0.2, 0.25) is 0 Å². The number of anilines is 1. The topological polar surface area (TPSA) is 52.0 Å². The normalized spacial score (nSPS) is 10.6. The minimum atomic E-state index is 0.492. The maximum Gasteiger partial charge on any atom is 0.139 e. The van der Waals surface area contributed by atoms with Crippen molar-refractivity contribution in [3.63, 3.8) is 0 Å². The third-order valence-corrected chi connectivity index (χ3v) is 1.67. The van der Waals surface area contributed by atoms with Gasteiger partial charge in [0.15, 0.2) is 0 Å². The Labute approximate surface area is 63.8 Å². The van der Waals surface area contributed by atoms with Gasteiger partial charge in [-0.2, -0.15) is 0 Å². The summed E-state index contributed by atoms with van der Waals surface area (Å²) in [6.07, 6.45) is 3.43. The summed E-state index contributed by atoms with van der Waals surface area (Å²) in [5.41, 5.74) is 7.35. The Bertz CT molecular complexity index is 392. The summed E-state index contributed by atoms with van der Waals surface area (Å²) < 4.78 is 5.21. The van der Waals surface area contributed by atoms with Crippen LogP contribution in [-0.2, 0) is 0 Å². The second-order valence-corrected chi connectivity index (χ2v) is 2.52. The van der Waals surface area contributed by atoms with Gasteiger partial charge in [-0.1, -0.05) is 0 Å². The van der Waals surface area contributed by atoms with Crippen LogP contribution in [0.3, 0.4) is 0 Å². The van der Waals surface area contributed by atoms with Gasteiger partial charge < -0.3 is 10.2 Å². The summed E-state index contributed by atoms with van der Waals surface area (Å²) in [5, 5.41) is 1.03. The fourth-order valence-corrected chi connectivity index (χ4v) is 1.06. The minimum absolute atomic E-state index is 0.492. The quantitative estimate of drug-likeness (QED) is 0.618. The van der Waals surface area contributed by atoms with Crippen molar-refractivity contribution < 1.29 is 4.42 Å². The number of hydrogen-bond donors (Lipinski definition) is 1. The Morgan fingerprint density at radius 3 is 3.18 bits per heavy atom. The van der Waals surface area contributed by atoms with Crippen molar-refractivity contribution in [2.75, 3.05) is 5.73 Å². The number of nitrogens with zero attached hydrogens (tertiary/aromatic N) is 1. The lowest BCUT2D eigenvalue weighted by Crippen LogP contribution is -1.87. The molecule has 56 valence electrons. The Morgan fingerprint density at radius 1 is 1.55 bits per heavy atom. The van der Waals surface area contributed by atoms with Crippen molar-refractivity contribution in [2.24, 2.45) is 0 Å². The van der Waals surface area contributed by atoms with Gasteiger partial charge >= 0.3 is 0 Å². The number of aryl methyl sites for hydroxylation is 1. The largest absolute Gasteiger partial charge is 0.464 e. The lowest BCUT2D eigenvalue weighted by atomic mass is 10.2. The van der Waals surface area contributed by atoms with E-state index in [-0.39, 0.29) is 0 Å². The van der Waals surface area contributed by atoms with Crippen LogP contribution >= 0.6 is 0 Å². The molecule has 0 atom stereocenters. The van der Waals surface area contributed by atoms with Gasteiger partial charge in [0.1, 0.15) is 11.4 Å². The van der Waals surface area contributed by atoms with E-state index in [0.29, 0.717) is 5.82 Å². The summed E-state index contributed by atoms with van der Waals surface area (Å²) in [4.78, 5) is 3.96. The molecule has 2 aromatic heterocycles. The van der Waals surface area contributed by atoms with Gasteiger partial charge in [0, 0.05) is 17.6 Å². The summed E-state index contributed by atoms with van der Waals surface area (Å²) in [6.45, 7) is 1.98. The van der Waals surface area contributed by atoms with Gasteiger partial charge in [-0.25, -0.2) is 4.98 Å². The van der Waals surface area contributed by atoms with Crippen molar-refractivity contribution in [3.8, 4) is 0 Å². The number of rotatable bonds is 0. The summed E-state index contributed by atoms with van der Waals surface area (Å²) in [6, 6.07) is 1.72. The molecule has 0 saturated carbocycles. The standard InChI is InChI=1S/C8H8N2O/c1-5-4-11-7-2-8(9)10-3-6(5)7/h2-4H,1H3,(H2,9,10). The molecular weight excluding hydrogens is 140 g/mol. The van der Waals surface area contributed by atoms with Crippen LogP contribution in [0, 0.1) is 6.92 Å². The molecule has 2 aromatic rings. The Hall–Kier alpha value is -1.51. The third-order valence-electron chi connectivity index (χ3n) is 1.67. The zero-order valence-corrected chi connectivity index (χ0v) is 6.16. The van der Waals surface area contributed by atoms with E-state index in [2.05, 4.69) is 4.98 Å². The predicted octanol–water partition coefficient (Wildman–Crippen LogP) is 1.72. The van der Waals surface area contributed by atoms with Crippen LogP contribution in [0.5, 0.6) is 0 Å². The summed E-state index contributed by atoms with van der Waals surface area (Å²) in [5.74, 6) is 0.492. The first kappa shape index (κ1) is 6.22. The highest BCUT2D eigenvalue weighted by Crippen LogP contribution is 2.20. The monoisotopic (exact) mass is 148 g/mol. The second-order valence-electron chi connectivity index (χ2n) is 2.52. The van der Waals surface area contributed by atoms with Crippen molar-refractivity contribution in [1.29, 1.82) is 0 Å². The fraction of sp³-hybridized carbons (Fsp3) is 0.125. The van der Waals surface area contributed by atoms with Gasteiger partial charge in [-0.3, -0.25) is 0 Å². The highest BCUT2D eigenvalue weighted by Gasteiger charge is 2.01. The summed E-state index contributed by atoms with van der Waals surface area (Å²) in [7, 11) is 0. The molecule has 3 heteroatoms. The zero-order chi connectivity index (χ0) is 7.84. The Morgan fingerprint density at radius 2 is 2.36 bits per heavy atom. The Balaban J connectivity index is 2.86. The number of nitrogens with two attached hydrogens (primary N) is 1. The number of aromatic nitrogens is 1. The summed E-state index contributed by atoms with van der Waals surface area (Å²) >= 11 is 0. The van der Waals surface area contributed by atoms with E-state index >= 15 is 0 Å². The average Bonchev–Trinajstić information content (AvgIpc) is 2.32. The maximum absolute atomic E-state index is 5.46. The van der Waals surface area contributed by atoms with Gasteiger partial charge in [-0.05, 0) is 12.5 Å². The van der Waals surface area contributed by atoms with E-state index in [4.69, 9.17) is 10.2 Å². The van der Waals surface area contributed by atoms with E-state index in [0.717, 1.165) is 16.5 Å². The average molecular weight is 148 g/mol. The highest BCUT2D eigenvalue weighted by molar-refractivity contribution is 5.81. The molecule has 0 fully saturated rings. The first-order valence-corrected chi connectivity index (χ1v) is 3.37. The van der Waals surface area contributed by atoms with Crippen LogP contribution < -0.4 is 5.73 Å². The number of pyridine rings is 1. The van der Waals surface area contributed by atoms with Crippen LogP contribution in [-0.4, -0.2) is 4.98 Å². The molecule has 0 unspecified atom stereocenters. The molecule has 0 bridgehead atoms. The van der Waals surface area contributed by atoms with E-state index in [1.165, 1.54) is 0 Å². The van der Waals surface area contributed by atoms with Gasteiger partial charge in [0.05, 0.1) is 6.26 Å². The molecule has 0 aromatic carbocycles. The molecular formula is C8H8N2O. The predicted molar refractivity (Wildman–Crippen MR) is 43.2 cm³/mol. The SMILES string of the molecule is Cc1coc2cc(N)ncc12. The number of hydrogen-bond acceptors (Lipinski definition) is 3. The number of nitrogen functional groups attached to an aromatic ring is 1. The first-order valence-electron chi connectivity index (χ1n) is 3.37. The molecule has 11 heavy (non-hydrogen) atoms. The van der Waals surface area contributed by atoms with Crippen molar-refractivity contribution in [2.45, 2.75) is 6.92 Å². The first-order chi connectivity index (χ1) is 5.27. The van der Waals surface area contributed by atoms with E-state index < -0.39 is 0 Å². The fourth-order valence-electron chi connectivity index (χ4n) is 1.06. The molecule has 3 nitrogen and oxygen atoms in total. The molecule has 0 amide bonds. The molecule has 0 aliphatic heterocycles. The van der Waals surface area contributed by atoms with Crippen LogP contribution in [0.2, 0.25) is 0 Å². The van der Waals surface area contributed by atoms with E-state index in [1.54, 1.807) is 18.5 Å². The minimum Gasteiger partial charge on any atom is -0.464 e. The highest BCUT2D eigenvalue weighted by atomic mass is 16.3. The smallest absolute Gasteiger partial charge is 0.139 e. The van der Waals surface area contributed by atoms with E-state index in [1.807, 2.05) is 6.92 Å². The maximum atomic E-state index is 5.46. The molecule has 0 saturated heterocycles. The molecule has 0 aliphatic carbocycles. The zero-order valence-electron chi connectivity index (χ0n) is 6.16. The number of furan rings is 1. The van der Waals surface area contributed by atoms with Crippen LogP contribution in [0.1, 0.15) is 5.56 Å². The van der Waals surface area contributed by atoms with Gasteiger partial charge in [-0.15, -0.1) is 0 Å². The van der Waals surface area contributed by atoms with E-state index in [9.17, 15) is 0 Å². The Kier molecular flexibility index (Phi) is 1.12. The third kappa shape index (κ3) is 0.852. The lowest BCUT2D eigenvalue weighted by molar-refractivity contribution is 0.613.